The molecule has 0 radical (unpaired) electrons. The largest absolute Gasteiger partial charge is 0.458 e. The summed E-state index contributed by atoms with van der Waals surface area (Å²) in [5.41, 5.74) is 3.11. The number of rotatable bonds is 2. The molecule has 5 rings (SSSR count). The number of aliphatic hydroxyl groups is 1. The van der Waals surface area contributed by atoms with Gasteiger partial charge in [-0.3, -0.25) is 4.79 Å². The molecule has 1 atom stereocenters. The zero-order valence-corrected chi connectivity index (χ0v) is 15.8. The van der Waals surface area contributed by atoms with E-state index in [1.807, 2.05) is 12.1 Å². The maximum Gasteiger partial charge on any atom is 0.343 e. The predicted octanol–water partition coefficient (Wildman–Crippen LogP) is 2.64. The number of ether oxygens (including phenoxy) is 1. The number of aromatic nitrogens is 2. The van der Waals surface area contributed by atoms with Crippen molar-refractivity contribution in [1.29, 1.82) is 0 Å². The quantitative estimate of drug-likeness (QED) is 0.544. The molecular weight excluding hydrogens is 356 g/mol. The average Bonchev–Trinajstić information content (AvgIpc) is 3.07. The number of carbonyl (C=O) groups excluding carboxylic acids is 1. The zero-order chi connectivity index (χ0) is 19.6. The van der Waals surface area contributed by atoms with Gasteiger partial charge in [-0.25, -0.2) is 9.78 Å². The number of hydrogen-bond acceptors (Lipinski definition) is 5. The summed E-state index contributed by atoms with van der Waals surface area (Å²) < 4.78 is 6.77. The van der Waals surface area contributed by atoms with Crippen LogP contribution in [0.5, 0.6) is 0 Å². The van der Waals surface area contributed by atoms with Crippen LogP contribution in [-0.4, -0.2) is 20.6 Å². The molecule has 0 spiro atoms. The van der Waals surface area contributed by atoms with Gasteiger partial charge in [-0.15, -0.1) is 0 Å². The minimum Gasteiger partial charge on any atom is -0.458 e. The molecular formula is C22H20N2O4. The van der Waals surface area contributed by atoms with E-state index in [1.165, 1.54) is 5.56 Å². The van der Waals surface area contributed by atoms with Crippen molar-refractivity contribution in [2.45, 2.75) is 45.4 Å². The summed E-state index contributed by atoms with van der Waals surface area (Å²) in [6.45, 7) is 4.13. The summed E-state index contributed by atoms with van der Waals surface area (Å²) in [7, 11) is 0. The highest BCUT2D eigenvalue weighted by molar-refractivity contribution is 5.88. The first-order chi connectivity index (χ1) is 13.5. The summed E-state index contributed by atoms with van der Waals surface area (Å²) >= 11 is 0. The molecule has 142 valence electrons. The van der Waals surface area contributed by atoms with Crippen LogP contribution in [0.1, 0.15) is 42.5 Å². The Kier molecular flexibility index (Phi) is 3.52. The van der Waals surface area contributed by atoms with Crippen LogP contribution in [0.2, 0.25) is 0 Å². The minimum absolute atomic E-state index is 0.110. The van der Waals surface area contributed by atoms with Gasteiger partial charge < -0.3 is 14.4 Å². The van der Waals surface area contributed by atoms with Gasteiger partial charge in [0.1, 0.15) is 6.61 Å². The van der Waals surface area contributed by atoms with E-state index in [4.69, 9.17) is 9.72 Å². The van der Waals surface area contributed by atoms with Crippen LogP contribution in [0.3, 0.4) is 0 Å². The van der Waals surface area contributed by atoms with Crippen molar-refractivity contribution in [3.05, 3.63) is 62.9 Å². The van der Waals surface area contributed by atoms with Gasteiger partial charge in [0.25, 0.3) is 5.56 Å². The van der Waals surface area contributed by atoms with E-state index < -0.39 is 11.6 Å². The maximum absolute atomic E-state index is 13.1. The highest BCUT2D eigenvalue weighted by Crippen LogP contribution is 2.38. The molecule has 2 aliphatic rings. The third-order valence-corrected chi connectivity index (χ3v) is 6.02. The molecule has 28 heavy (non-hydrogen) atoms. The van der Waals surface area contributed by atoms with E-state index in [9.17, 15) is 14.7 Å². The summed E-state index contributed by atoms with van der Waals surface area (Å²) in [6.07, 6.45) is 1.04. The van der Waals surface area contributed by atoms with Crippen molar-refractivity contribution in [3.63, 3.8) is 0 Å². The number of esters is 1. The Morgan fingerprint density at radius 3 is 2.82 bits per heavy atom. The van der Waals surface area contributed by atoms with Crippen LogP contribution < -0.4 is 5.56 Å². The summed E-state index contributed by atoms with van der Waals surface area (Å²) in [5, 5.41) is 12.0. The Hall–Kier alpha value is -2.99. The monoisotopic (exact) mass is 376 g/mol. The lowest BCUT2D eigenvalue weighted by atomic mass is 9.86. The minimum atomic E-state index is -1.79. The van der Waals surface area contributed by atoms with E-state index in [-0.39, 0.29) is 18.6 Å². The van der Waals surface area contributed by atoms with Gasteiger partial charge in [-0.05, 0) is 36.6 Å². The first kappa shape index (κ1) is 17.1. The molecule has 0 bridgehead atoms. The number of pyridine rings is 2. The van der Waals surface area contributed by atoms with Crippen molar-refractivity contribution in [3.8, 4) is 11.4 Å². The Morgan fingerprint density at radius 1 is 1.25 bits per heavy atom. The van der Waals surface area contributed by atoms with Gasteiger partial charge in [-0.2, -0.15) is 0 Å². The molecule has 1 N–H and O–H groups in total. The average molecular weight is 376 g/mol. The Morgan fingerprint density at radius 2 is 2.07 bits per heavy atom. The number of fused-ring (bicyclic) bond motifs is 5. The van der Waals surface area contributed by atoms with Crippen LogP contribution in [0.4, 0.5) is 0 Å². The van der Waals surface area contributed by atoms with Gasteiger partial charge in [0.2, 0.25) is 0 Å². The highest BCUT2D eigenvalue weighted by atomic mass is 16.6. The first-order valence-corrected chi connectivity index (χ1v) is 9.56. The molecule has 0 saturated carbocycles. The van der Waals surface area contributed by atoms with Crippen molar-refractivity contribution < 1.29 is 14.6 Å². The second-order valence-electron chi connectivity index (χ2n) is 7.44. The van der Waals surface area contributed by atoms with Crippen molar-refractivity contribution in [2.75, 3.05) is 0 Å². The summed E-state index contributed by atoms with van der Waals surface area (Å²) in [6, 6.07) is 9.90. The SMILES string of the molecule is CCc1cccc2nc3c(cc12)Cn1c-3cc2c(c1=O)COC(=O)C2(O)CC. The fourth-order valence-corrected chi connectivity index (χ4v) is 4.37. The first-order valence-electron chi connectivity index (χ1n) is 9.56. The van der Waals surface area contributed by atoms with E-state index in [1.54, 1.807) is 17.6 Å². The second kappa shape index (κ2) is 5.75. The number of hydrogen-bond donors (Lipinski definition) is 1. The number of cyclic esters (lactones) is 1. The van der Waals surface area contributed by atoms with Gasteiger partial charge in [0.15, 0.2) is 5.60 Å². The second-order valence-corrected chi connectivity index (χ2v) is 7.44. The molecule has 0 fully saturated rings. The van der Waals surface area contributed by atoms with Crippen LogP contribution in [0.15, 0.2) is 35.1 Å². The third kappa shape index (κ3) is 2.09. The third-order valence-electron chi connectivity index (χ3n) is 6.02. The summed E-state index contributed by atoms with van der Waals surface area (Å²) in [5.74, 6) is -0.705. The van der Waals surface area contributed by atoms with Crippen molar-refractivity contribution >= 4 is 16.9 Å². The predicted molar refractivity (Wildman–Crippen MR) is 104 cm³/mol. The van der Waals surface area contributed by atoms with Crippen molar-refractivity contribution in [2.24, 2.45) is 0 Å². The van der Waals surface area contributed by atoms with Gasteiger partial charge >= 0.3 is 5.97 Å². The normalized spacial score (nSPS) is 19.9. The fraction of sp³-hybridized carbons (Fsp3) is 0.318. The lowest BCUT2D eigenvalue weighted by molar-refractivity contribution is -0.172. The smallest absolute Gasteiger partial charge is 0.343 e. The molecule has 3 aromatic rings. The zero-order valence-electron chi connectivity index (χ0n) is 15.8. The van der Waals surface area contributed by atoms with E-state index in [2.05, 4.69) is 19.1 Å². The molecule has 0 aliphatic carbocycles. The molecule has 2 aromatic heterocycles. The number of nitrogens with zero attached hydrogens (tertiary/aromatic N) is 2. The van der Waals surface area contributed by atoms with Crippen molar-refractivity contribution in [1.82, 2.24) is 9.55 Å². The topological polar surface area (TPSA) is 81.4 Å². The van der Waals surface area contributed by atoms with Crippen LogP contribution in [-0.2, 0) is 34.7 Å². The molecule has 1 aromatic carbocycles. The van der Waals surface area contributed by atoms with Gasteiger partial charge in [0, 0.05) is 16.5 Å². The van der Waals surface area contributed by atoms with E-state index in [0.717, 1.165) is 28.6 Å². The molecule has 1 unspecified atom stereocenters. The van der Waals surface area contributed by atoms with Gasteiger partial charge in [0.05, 0.1) is 29.0 Å². The number of carbonyl (C=O) groups is 1. The Bertz CT molecular complexity index is 1230. The number of aryl methyl sites for hydroxylation is 1. The molecule has 0 amide bonds. The molecule has 0 saturated heterocycles. The Labute approximate surface area is 161 Å². The fourth-order valence-electron chi connectivity index (χ4n) is 4.37. The molecule has 4 heterocycles. The van der Waals surface area contributed by atoms with E-state index >= 15 is 0 Å². The lowest BCUT2D eigenvalue weighted by Crippen LogP contribution is -2.44. The molecule has 6 heteroatoms. The van der Waals surface area contributed by atoms with E-state index in [0.29, 0.717) is 23.4 Å². The van der Waals surface area contributed by atoms with Crippen LogP contribution >= 0.6 is 0 Å². The Balaban J connectivity index is 1.79. The number of benzene rings is 1. The summed E-state index contributed by atoms with van der Waals surface area (Å²) in [4.78, 5) is 30.2. The highest BCUT2D eigenvalue weighted by Gasteiger charge is 2.45. The standard InChI is InChI=1S/C22H20N2O4/c1-3-12-6-5-7-17-14(12)8-13-10-24-18(19(13)23-17)9-16-15(20(24)25)11-28-21(26)22(16,27)4-2/h5-9,27H,3-4,10-11H2,1-2H3. The lowest BCUT2D eigenvalue weighted by Gasteiger charge is -2.31. The van der Waals surface area contributed by atoms with Gasteiger partial charge in [-0.1, -0.05) is 26.0 Å². The maximum atomic E-state index is 13.1. The molecule has 6 nitrogen and oxygen atoms in total. The molecule has 2 aliphatic heterocycles. The van der Waals surface area contributed by atoms with Crippen LogP contribution in [0, 0.1) is 0 Å². The van der Waals surface area contributed by atoms with Crippen LogP contribution in [0.25, 0.3) is 22.3 Å².